The smallest absolute Gasteiger partial charge is 0.318 e. The highest BCUT2D eigenvalue weighted by Crippen LogP contribution is 2.24. The van der Waals surface area contributed by atoms with Crippen LogP contribution in [0.25, 0.3) is 0 Å². The number of nitrogens with zero attached hydrogens (tertiary/aromatic N) is 4. The van der Waals surface area contributed by atoms with Gasteiger partial charge in [0.05, 0.1) is 0 Å². The van der Waals surface area contributed by atoms with E-state index in [-0.39, 0.29) is 5.38 Å². The van der Waals surface area contributed by atoms with Crippen LogP contribution >= 0.6 is 23.2 Å². The van der Waals surface area contributed by atoms with E-state index in [1.165, 1.54) is 0 Å². The van der Waals surface area contributed by atoms with Gasteiger partial charge in [0, 0.05) is 36.9 Å². The minimum atomic E-state index is -0.265. The number of benzene rings is 1. The summed E-state index contributed by atoms with van der Waals surface area (Å²) in [5, 5.41) is 8.51. The molecule has 0 bridgehead atoms. The number of piperazine rings is 1. The Bertz CT molecular complexity index is 609. The molecule has 1 aliphatic rings. The summed E-state index contributed by atoms with van der Waals surface area (Å²) in [5.74, 6) is 0.462. The molecule has 2 heterocycles. The molecule has 1 saturated heterocycles. The third-order valence-corrected chi connectivity index (χ3v) is 3.92. The van der Waals surface area contributed by atoms with Crippen molar-refractivity contribution in [1.82, 2.24) is 10.2 Å². The molecule has 0 amide bonds. The lowest BCUT2D eigenvalue weighted by atomic mass is 10.2. The summed E-state index contributed by atoms with van der Waals surface area (Å²) in [7, 11) is 0. The number of halogens is 2. The normalized spacial score (nSPS) is 17.1. The Labute approximate surface area is 133 Å². The standard InChI is InChI=1S/C14H16Cl2N4O/c1-10(15)13-17-18-14(21-13)20-7-5-19(6-8-20)12-4-2-3-11(16)9-12/h2-4,9-10H,5-8H2,1H3. The van der Waals surface area contributed by atoms with Crippen molar-refractivity contribution >= 4 is 34.9 Å². The summed E-state index contributed by atoms with van der Waals surface area (Å²) in [6.07, 6.45) is 0. The first kappa shape index (κ1) is 14.5. The van der Waals surface area contributed by atoms with Gasteiger partial charge in [0.25, 0.3) is 0 Å². The quantitative estimate of drug-likeness (QED) is 0.809. The first-order valence-corrected chi connectivity index (χ1v) is 7.68. The van der Waals surface area contributed by atoms with Crippen molar-refractivity contribution in [2.24, 2.45) is 0 Å². The van der Waals surface area contributed by atoms with E-state index in [4.69, 9.17) is 27.6 Å². The molecule has 7 heteroatoms. The molecule has 1 unspecified atom stereocenters. The molecule has 0 aliphatic carbocycles. The molecule has 1 aromatic carbocycles. The number of alkyl halides is 1. The number of anilines is 2. The Morgan fingerprint density at radius 2 is 1.86 bits per heavy atom. The Morgan fingerprint density at radius 1 is 1.14 bits per heavy atom. The number of aromatic nitrogens is 2. The molecule has 1 aliphatic heterocycles. The predicted octanol–water partition coefficient (Wildman–Crippen LogP) is 3.35. The molecule has 1 aromatic heterocycles. The topological polar surface area (TPSA) is 45.4 Å². The second-order valence-electron chi connectivity index (χ2n) is 4.99. The molecule has 3 rings (SSSR count). The van der Waals surface area contributed by atoms with Crippen LogP contribution in [-0.4, -0.2) is 36.4 Å². The molecule has 0 spiro atoms. The second-order valence-corrected chi connectivity index (χ2v) is 6.08. The van der Waals surface area contributed by atoms with Gasteiger partial charge in [-0.05, 0) is 25.1 Å². The van der Waals surface area contributed by atoms with Crippen molar-refractivity contribution in [2.45, 2.75) is 12.3 Å². The van der Waals surface area contributed by atoms with Crippen LogP contribution in [0.1, 0.15) is 18.2 Å². The monoisotopic (exact) mass is 326 g/mol. The van der Waals surface area contributed by atoms with Gasteiger partial charge in [-0.15, -0.1) is 16.7 Å². The van der Waals surface area contributed by atoms with E-state index in [1.807, 2.05) is 25.1 Å². The maximum atomic E-state index is 6.04. The average Bonchev–Trinajstić information content (AvgIpc) is 2.97. The van der Waals surface area contributed by atoms with Gasteiger partial charge in [0.15, 0.2) is 0 Å². The van der Waals surface area contributed by atoms with E-state index in [0.717, 1.165) is 36.9 Å². The maximum absolute atomic E-state index is 6.04. The van der Waals surface area contributed by atoms with E-state index in [1.54, 1.807) is 0 Å². The van der Waals surface area contributed by atoms with Crippen LogP contribution in [0.15, 0.2) is 28.7 Å². The molecule has 0 radical (unpaired) electrons. The second kappa shape index (κ2) is 6.12. The molecule has 0 saturated carbocycles. The summed E-state index contributed by atoms with van der Waals surface area (Å²) in [4.78, 5) is 4.38. The van der Waals surface area contributed by atoms with Crippen molar-refractivity contribution in [2.75, 3.05) is 36.0 Å². The lowest BCUT2D eigenvalue weighted by molar-refractivity contribution is 0.475. The zero-order chi connectivity index (χ0) is 14.8. The predicted molar refractivity (Wildman–Crippen MR) is 84.4 cm³/mol. The third kappa shape index (κ3) is 3.24. The molecule has 1 atom stereocenters. The van der Waals surface area contributed by atoms with Gasteiger partial charge in [-0.2, -0.15) is 0 Å². The van der Waals surface area contributed by atoms with E-state index in [0.29, 0.717) is 11.9 Å². The van der Waals surface area contributed by atoms with E-state index < -0.39 is 0 Å². The molecular weight excluding hydrogens is 311 g/mol. The SMILES string of the molecule is CC(Cl)c1nnc(N2CCN(c3cccc(Cl)c3)CC2)o1. The van der Waals surface area contributed by atoms with Crippen LogP contribution in [0.2, 0.25) is 5.02 Å². The molecule has 5 nitrogen and oxygen atoms in total. The van der Waals surface area contributed by atoms with Crippen molar-refractivity contribution in [3.8, 4) is 0 Å². The van der Waals surface area contributed by atoms with Gasteiger partial charge < -0.3 is 14.2 Å². The van der Waals surface area contributed by atoms with Crippen molar-refractivity contribution in [3.63, 3.8) is 0 Å². The van der Waals surface area contributed by atoms with Crippen LogP contribution in [0.4, 0.5) is 11.7 Å². The number of hydrogen-bond donors (Lipinski definition) is 0. The summed E-state index contributed by atoms with van der Waals surface area (Å²) in [6, 6.07) is 8.45. The Balaban J connectivity index is 1.64. The van der Waals surface area contributed by atoms with Gasteiger partial charge in [-0.25, -0.2) is 0 Å². The number of rotatable bonds is 3. The highest BCUT2D eigenvalue weighted by Gasteiger charge is 2.22. The van der Waals surface area contributed by atoms with Crippen LogP contribution in [-0.2, 0) is 0 Å². The van der Waals surface area contributed by atoms with E-state index in [2.05, 4.69) is 26.1 Å². The van der Waals surface area contributed by atoms with Gasteiger partial charge >= 0.3 is 6.01 Å². The minimum absolute atomic E-state index is 0.265. The zero-order valence-electron chi connectivity index (χ0n) is 11.7. The van der Waals surface area contributed by atoms with E-state index >= 15 is 0 Å². The van der Waals surface area contributed by atoms with Gasteiger partial charge in [0.1, 0.15) is 5.38 Å². The van der Waals surface area contributed by atoms with E-state index in [9.17, 15) is 0 Å². The Morgan fingerprint density at radius 3 is 2.48 bits per heavy atom. The minimum Gasteiger partial charge on any atom is -0.406 e. The average molecular weight is 327 g/mol. The molecule has 112 valence electrons. The lowest BCUT2D eigenvalue weighted by Gasteiger charge is -2.35. The van der Waals surface area contributed by atoms with Crippen LogP contribution in [0, 0.1) is 0 Å². The summed E-state index contributed by atoms with van der Waals surface area (Å²) in [6.45, 7) is 5.23. The maximum Gasteiger partial charge on any atom is 0.318 e. The molecule has 1 fully saturated rings. The first-order valence-electron chi connectivity index (χ1n) is 6.86. The molecule has 21 heavy (non-hydrogen) atoms. The lowest BCUT2D eigenvalue weighted by Crippen LogP contribution is -2.46. The van der Waals surface area contributed by atoms with Crippen LogP contribution in [0.5, 0.6) is 0 Å². The van der Waals surface area contributed by atoms with Crippen molar-refractivity contribution in [3.05, 3.63) is 35.2 Å². The largest absolute Gasteiger partial charge is 0.406 e. The fourth-order valence-corrected chi connectivity index (χ4v) is 2.62. The van der Waals surface area contributed by atoms with Gasteiger partial charge in [-0.1, -0.05) is 22.8 Å². The number of hydrogen-bond acceptors (Lipinski definition) is 5. The first-order chi connectivity index (χ1) is 10.1. The summed E-state index contributed by atoms with van der Waals surface area (Å²) < 4.78 is 5.58. The molecule has 2 aromatic rings. The highest BCUT2D eigenvalue weighted by atomic mass is 35.5. The van der Waals surface area contributed by atoms with Crippen LogP contribution < -0.4 is 9.80 Å². The molecule has 0 N–H and O–H groups in total. The summed E-state index contributed by atoms with van der Waals surface area (Å²) in [5.41, 5.74) is 1.14. The highest BCUT2D eigenvalue weighted by molar-refractivity contribution is 6.30. The third-order valence-electron chi connectivity index (χ3n) is 3.49. The van der Waals surface area contributed by atoms with Crippen molar-refractivity contribution in [1.29, 1.82) is 0 Å². The van der Waals surface area contributed by atoms with Crippen molar-refractivity contribution < 1.29 is 4.42 Å². The molecular formula is C14H16Cl2N4O. The van der Waals surface area contributed by atoms with Gasteiger partial charge in [0.2, 0.25) is 5.89 Å². The fourth-order valence-electron chi connectivity index (χ4n) is 2.34. The van der Waals surface area contributed by atoms with Crippen LogP contribution in [0.3, 0.4) is 0 Å². The summed E-state index contributed by atoms with van der Waals surface area (Å²) >= 11 is 12.0. The fraction of sp³-hybridized carbons (Fsp3) is 0.429. The zero-order valence-corrected chi connectivity index (χ0v) is 13.2. The van der Waals surface area contributed by atoms with Gasteiger partial charge in [-0.3, -0.25) is 0 Å². The Kier molecular flexibility index (Phi) is 4.22. The Hall–Kier alpha value is -1.46.